The van der Waals surface area contributed by atoms with Gasteiger partial charge in [-0.2, -0.15) is 5.10 Å². The molecule has 126 valence electrons. The molecule has 0 aliphatic carbocycles. The van der Waals surface area contributed by atoms with Gasteiger partial charge in [-0.3, -0.25) is 4.79 Å². The molecule has 0 fully saturated rings. The normalized spacial score (nSPS) is 10.6. The second-order valence-electron chi connectivity index (χ2n) is 5.08. The smallest absolute Gasteiger partial charge is 0.277 e. The third kappa shape index (κ3) is 5.76. The number of hydrazone groups is 1. The summed E-state index contributed by atoms with van der Waals surface area (Å²) in [7, 11) is 0. The van der Waals surface area contributed by atoms with Crippen LogP contribution in [-0.2, 0) is 11.2 Å². The van der Waals surface area contributed by atoms with E-state index in [1.165, 1.54) is 5.56 Å². The van der Waals surface area contributed by atoms with Crippen LogP contribution in [0.25, 0.3) is 0 Å². The zero-order valence-corrected chi connectivity index (χ0v) is 14.0. The third-order valence-corrected chi connectivity index (χ3v) is 3.30. The summed E-state index contributed by atoms with van der Waals surface area (Å²) in [5, 5.41) is 3.92. The maximum atomic E-state index is 11.7. The molecule has 0 heterocycles. The Bertz CT molecular complexity index is 664. The number of aryl methyl sites for hydroxylation is 1. The molecule has 0 aliphatic heterocycles. The van der Waals surface area contributed by atoms with Crippen molar-refractivity contribution < 1.29 is 14.3 Å². The van der Waals surface area contributed by atoms with Crippen LogP contribution in [0.15, 0.2) is 53.6 Å². The van der Waals surface area contributed by atoms with Gasteiger partial charge in [0, 0.05) is 0 Å². The minimum Gasteiger partial charge on any atom is -0.494 e. The van der Waals surface area contributed by atoms with Crippen molar-refractivity contribution in [2.45, 2.75) is 20.3 Å². The number of carbonyl (C=O) groups is 1. The van der Waals surface area contributed by atoms with Crippen molar-refractivity contribution in [2.24, 2.45) is 5.10 Å². The molecular weight excluding hydrogens is 304 g/mol. The second kappa shape index (κ2) is 9.35. The lowest BCUT2D eigenvalue weighted by Crippen LogP contribution is -2.24. The maximum absolute atomic E-state index is 11.7. The Morgan fingerprint density at radius 2 is 1.62 bits per heavy atom. The average molecular weight is 326 g/mol. The second-order valence-corrected chi connectivity index (χ2v) is 5.08. The van der Waals surface area contributed by atoms with Gasteiger partial charge in [0.25, 0.3) is 5.91 Å². The molecule has 0 unspecified atom stereocenters. The largest absolute Gasteiger partial charge is 0.494 e. The Morgan fingerprint density at radius 3 is 2.21 bits per heavy atom. The van der Waals surface area contributed by atoms with Gasteiger partial charge in [0.1, 0.15) is 11.5 Å². The van der Waals surface area contributed by atoms with Gasteiger partial charge in [-0.1, -0.05) is 31.2 Å². The highest BCUT2D eigenvalue weighted by molar-refractivity contribution is 5.82. The first-order chi connectivity index (χ1) is 11.7. The summed E-state index contributed by atoms with van der Waals surface area (Å²) >= 11 is 0. The van der Waals surface area contributed by atoms with Crippen molar-refractivity contribution in [2.75, 3.05) is 13.2 Å². The monoisotopic (exact) mass is 326 g/mol. The number of benzene rings is 2. The highest BCUT2D eigenvalue weighted by Gasteiger charge is 2.02. The molecule has 0 spiro atoms. The summed E-state index contributed by atoms with van der Waals surface area (Å²) in [5.74, 6) is 1.06. The van der Waals surface area contributed by atoms with Gasteiger partial charge in [0.05, 0.1) is 12.8 Å². The predicted molar refractivity (Wildman–Crippen MR) is 94.7 cm³/mol. The van der Waals surface area contributed by atoms with E-state index in [1.807, 2.05) is 31.2 Å². The van der Waals surface area contributed by atoms with Gasteiger partial charge in [-0.15, -0.1) is 0 Å². The van der Waals surface area contributed by atoms with Crippen LogP contribution in [0.1, 0.15) is 25.0 Å². The van der Waals surface area contributed by atoms with Crippen molar-refractivity contribution in [3.8, 4) is 11.5 Å². The molecule has 0 bridgehead atoms. The van der Waals surface area contributed by atoms with Crippen LogP contribution >= 0.6 is 0 Å². The zero-order chi connectivity index (χ0) is 17.2. The molecule has 0 aromatic heterocycles. The summed E-state index contributed by atoms with van der Waals surface area (Å²) in [6, 6.07) is 15.1. The van der Waals surface area contributed by atoms with Crippen LogP contribution in [0.4, 0.5) is 0 Å². The third-order valence-electron chi connectivity index (χ3n) is 3.30. The predicted octanol–water partition coefficient (Wildman–Crippen LogP) is 3.18. The first kappa shape index (κ1) is 17.5. The maximum Gasteiger partial charge on any atom is 0.277 e. The van der Waals surface area contributed by atoms with Crippen molar-refractivity contribution in [3.05, 3.63) is 59.7 Å². The first-order valence-corrected chi connectivity index (χ1v) is 7.97. The van der Waals surface area contributed by atoms with Crippen LogP contribution in [-0.4, -0.2) is 25.3 Å². The lowest BCUT2D eigenvalue weighted by atomic mass is 10.1. The Kier molecular flexibility index (Phi) is 6.83. The minimum absolute atomic E-state index is 0.0971. The van der Waals surface area contributed by atoms with Gasteiger partial charge in [-0.25, -0.2) is 5.43 Å². The van der Waals surface area contributed by atoms with Crippen LogP contribution in [0, 0.1) is 0 Å². The van der Waals surface area contributed by atoms with E-state index in [1.54, 1.807) is 30.5 Å². The van der Waals surface area contributed by atoms with E-state index in [4.69, 9.17) is 9.47 Å². The summed E-state index contributed by atoms with van der Waals surface area (Å²) in [6.45, 7) is 4.54. The zero-order valence-electron chi connectivity index (χ0n) is 14.0. The van der Waals surface area contributed by atoms with E-state index >= 15 is 0 Å². The van der Waals surface area contributed by atoms with E-state index in [-0.39, 0.29) is 12.5 Å². The molecule has 2 rings (SSSR count). The molecule has 0 saturated carbocycles. The highest BCUT2D eigenvalue weighted by atomic mass is 16.5. The molecule has 5 heteroatoms. The van der Waals surface area contributed by atoms with E-state index in [0.29, 0.717) is 12.4 Å². The number of rotatable bonds is 8. The summed E-state index contributed by atoms with van der Waals surface area (Å²) < 4.78 is 10.7. The Hall–Kier alpha value is -2.82. The molecule has 5 nitrogen and oxygen atoms in total. The van der Waals surface area contributed by atoms with Gasteiger partial charge in [-0.05, 0) is 48.7 Å². The number of nitrogens with one attached hydrogen (secondary N) is 1. The van der Waals surface area contributed by atoms with E-state index in [0.717, 1.165) is 17.7 Å². The van der Waals surface area contributed by atoms with Crippen LogP contribution in [0.2, 0.25) is 0 Å². The van der Waals surface area contributed by atoms with E-state index in [2.05, 4.69) is 17.5 Å². The Balaban J connectivity index is 1.75. The standard InChI is InChI=1S/C19H22N2O3/c1-3-15-5-7-16(8-6-15)13-20-21-19(22)14-24-18-11-9-17(10-12-18)23-4-2/h5-13H,3-4,14H2,1-2H3,(H,21,22)/b20-13+. The van der Waals surface area contributed by atoms with Crippen LogP contribution in [0.5, 0.6) is 11.5 Å². The fraction of sp³-hybridized carbons (Fsp3) is 0.263. The molecular formula is C19H22N2O3. The number of amides is 1. The van der Waals surface area contributed by atoms with Crippen LogP contribution < -0.4 is 14.9 Å². The molecule has 2 aromatic carbocycles. The van der Waals surface area contributed by atoms with Gasteiger partial charge in [0.2, 0.25) is 0 Å². The molecule has 2 aromatic rings. The number of nitrogens with zero attached hydrogens (tertiary/aromatic N) is 1. The van der Waals surface area contributed by atoms with Gasteiger partial charge >= 0.3 is 0 Å². The molecule has 1 N–H and O–H groups in total. The van der Waals surface area contributed by atoms with Crippen LogP contribution in [0.3, 0.4) is 0 Å². The quantitative estimate of drug-likeness (QED) is 0.599. The van der Waals surface area contributed by atoms with Crippen molar-refractivity contribution in [1.82, 2.24) is 5.43 Å². The fourth-order valence-corrected chi connectivity index (χ4v) is 2.00. The van der Waals surface area contributed by atoms with Gasteiger partial charge in [0.15, 0.2) is 6.61 Å². The lowest BCUT2D eigenvalue weighted by Gasteiger charge is -2.06. The minimum atomic E-state index is -0.315. The van der Waals surface area contributed by atoms with Crippen molar-refractivity contribution in [1.29, 1.82) is 0 Å². The molecule has 0 saturated heterocycles. The van der Waals surface area contributed by atoms with E-state index < -0.39 is 0 Å². The van der Waals surface area contributed by atoms with Gasteiger partial charge < -0.3 is 9.47 Å². The Morgan fingerprint density at radius 1 is 1.00 bits per heavy atom. The van der Waals surface area contributed by atoms with Crippen molar-refractivity contribution >= 4 is 12.1 Å². The number of hydrogen-bond donors (Lipinski definition) is 1. The van der Waals surface area contributed by atoms with Crippen molar-refractivity contribution in [3.63, 3.8) is 0 Å². The molecule has 0 atom stereocenters. The molecule has 24 heavy (non-hydrogen) atoms. The summed E-state index contributed by atoms with van der Waals surface area (Å²) in [5.41, 5.74) is 4.64. The Labute approximate surface area is 142 Å². The lowest BCUT2D eigenvalue weighted by molar-refractivity contribution is -0.123. The highest BCUT2D eigenvalue weighted by Crippen LogP contribution is 2.17. The summed E-state index contributed by atoms with van der Waals surface area (Å²) in [4.78, 5) is 11.7. The van der Waals surface area contributed by atoms with E-state index in [9.17, 15) is 4.79 Å². The SMILES string of the molecule is CCOc1ccc(OCC(=O)N/N=C/c2ccc(CC)cc2)cc1. The molecule has 0 aliphatic rings. The molecule has 0 radical (unpaired) electrons. The molecule has 1 amide bonds. The fourth-order valence-electron chi connectivity index (χ4n) is 2.00. The topological polar surface area (TPSA) is 59.9 Å². The number of ether oxygens (including phenoxy) is 2. The first-order valence-electron chi connectivity index (χ1n) is 7.97. The average Bonchev–Trinajstić information content (AvgIpc) is 2.62. The number of carbonyl (C=O) groups excluding carboxylic acids is 1. The summed E-state index contributed by atoms with van der Waals surface area (Å²) in [6.07, 6.45) is 2.60. The number of hydrogen-bond acceptors (Lipinski definition) is 4.